The molecule has 0 saturated heterocycles. The monoisotopic (exact) mass is 221 g/mol. The fourth-order valence-electron chi connectivity index (χ4n) is 1.99. The van der Waals surface area contributed by atoms with Gasteiger partial charge in [-0.2, -0.15) is 0 Å². The van der Waals surface area contributed by atoms with Crippen molar-refractivity contribution in [2.75, 3.05) is 11.4 Å². The molecule has 1 aliphatic heterocycles. The number of benzene rings is 1. The lowest BCUT2D eigenvalue weighted by Gasteiger charge is -2.35. The van der Waals surface area contributed by atoms with Crippen LogP contribution in [0.25, 0.3) is 0 Å². The quantitative estimate of drug-likeness (QED) is 0.831. The van der Waals surface area contributed by atoms with Crippen molar-refractivity contribution in [1.82, 2.24) is 0 Å². The van der Waals surface area contributed by atoms with Gasteiger partial charge in [0.15, 0.2) is 5.96 Å². The molecule has 1 aromatic rings. The first-order valence-corrected chi connectivity index (χ1v) is 5.43. The SMILES string of the molecule is CCC1(C)CN=C(N)N1c1ccccc1F. The van der Waals surface area contributed by atoms with Gasteiger partial charge in [-0.3, -0.25) is 4.99 Å². The van der Waals surface area contributed by atoms with Gasteiger partial charge in [-0.1, -0.05) is 19.1 Å². The van der Waals surface area contributed by atoms with Gasteiger partial charge in [0.2, 0.25) is 0 Å². The van der Waals surface area contributed by atoms with Gasteiger partial charge >= 0.3 is 0 Å². The minimum absolute atomic E-state index is 0.216. The molecular formula is C12H16FN3. The number of halogens is 1. The fourth-order valence-corrected chi connectivity index (χ4v) is 1.99. The van der Waals surface area contributed by atoms with E-state index in [0.29, 0.717) is 18.2 Å². The van der Waals surface area contributed by atoms with Crippen LogP contribution in [-0.2, 0) is 0 Å². The molecule has 2 N–H and O–H groups in total. The van der Waals surface area contributed by atoms with E-state index in [1.165, 1.54) is 6.07 Å². The number of hydrogen-bond donors (Lipinski definition) is 1. The minimum atomic E-state index is -0.262. The molecule has 0 bridgehead atoms. The van der Waals surface area contributed by atoms with E-state index in [1.54, 1.807) is 23.1 Å². The summed E-state index contributed by atoms with van der Waals surface area (Å²) in [5, 5.41) is 0. The summed E-state index contributed by atoms with van der Waals surface area (Å²) in [6.07, 6.45) is 0.867. The first-order valence-electron chi connectivity index (χ1n) is 5.43. The van der Waals surface area contributed by atoms with E-state index < -0.39 is 0 Å². The second-order valence-corrected chi connectivity index (χ2v) is 4.31. The summed E-state index contributed by atoms with van der Waals surface area (Å²) in [6.45, 7) is 4.72. The van der Waals surface area contributed by atoms with Crippen molar-refractivity contribution >= 4 is 11.6 Å². The summed E-state index contributed by atoms with van der Waals surface area (Å²) < 4.78 is 13.7. The van der Waals surface area contributed by atoms with Crippen LogP contribution in [0.5, 0.6) is 0 Å². The Morgan fingerprint density at radius 2 is 2.19 bits per heavy atom. The Bertz CT molecular complexity index is 430. The van der Waals surface area contributed by atoms with Gasteiger partial charge in [0.25, 0.3) is 0 Å². The predicted molar refractivity (Wildman–Crippen MR) is 64.1 cm³/mol. The van der Waals surface area contributed by atoms with Crippen molar-refractivity contribution in [1.29, 1.82) is 0 Å². The molecule has 1 atom stereocenters. The van der Waals surface area contributed by atoms with E-state index >= 15 is 0 Å². The highest BCUT2D eigenvalue weighted by atomic mass is 19.1. The van der Waals surface area contributed by atoms with Crippen LogP contribution >= 0.6 is 0 Å². The normalized spacial score (nSPS) is 24.7. The molecule has 2 rings (SSSR count). The molecule has 1 aromatic carbocycles. The molecule has 4 heteroatoms. The zero-order valence-electron chi connectivity index (χ0n) is 9.57. The summed E-state index contributed by atoms with van der Waals surface area (Å²) in [6, 6.07) is 6.65. The Morgan fingerprint density at radius 1 is 1.50 bits per heavy atom. The van der Waals surface area contributed by atoms with E-state index in [2.05, 4.69) is 11.9 Å². The van der Waals surface area contributed by atoms with Gasteiger partial charge in [0.05, 0.1) is 17.8 Å². The molecule has 1 unspecified atom stereocenters. The van der Waals surface area contributed by atoms with Crippen molar-refractivity contribution in [3.8, 4) is 0 Å². The van der Waals surface area contributed by atoms with E-state index in [0.717, 1.165) is 6.42 Å². The van der Waals surface area contributed by atoms with Crippen LogP contribution in [0, 0.1) is 5.82 Å². The largest absolute Gasteiger partial charge is 0.369 e. The molecule has 0 aromatic heterocycles. The highest BCUT2D eigenvalue weighted by Gasteiger charge is 2.38. The Balaban J connectivity index is 2.46. The van der Waals surface area contributed by atoms with Gasteiger partial charge in [0.1, 0.15) is 5.82 Å². The molecule has 1 heterocycles. The Morgan fingerprint density at radius 3 is 2.81 bits per heavy atom. The Labute approximate surface area is 94.8 Å². The van der Waals surface area contributed by atoms with Gasteiger partial charge in [-0.25, -0.2) is 4.39 Å². The van der Waals surface area contributed by atoms with Crippen LogP contribution in [0.15, 0.2) is 29.3 Å². The standard InChI is InChI=1S/C12H16FN3/c1-3-12(2)8-15-11(14)16(12)10-7-5-4-6-9(10)13/h4-7H,3,8H2,1-2H3,(H2,14,15). The summed E-state index contributed by atoms with van der Waals surface area (Å²) in [5.41, 5.74) is 6.13. The average molecular weight is 221 g/mol. The molecule has 0 saturated carbocycles. The topological polar surface area (TPSA) is 41.6 Å². The van der Waals surface area contributed by atoms with Crippen molar-refractivity contribution in [2.24, 2.45) is 10.7 Å². The van der Waals surface area contributed by atoms with Crippen LogP contribution in [0.2, 0.25) is 0 Å². The first kappa shape index (κ1) is 10.9. The average Bonchev–Trinajstić information content (AvgIpc) is 2.57. The number of nitrogens with zero attached hydrogens (tertiary/aromatic N) is 2. The lowest BCUT2D eigenvalue weighted by atomic mass is 9.97. The second kappa shape index (κ2) is 3.77. The Hall–Kier alpha value is -1.58. The molecule has 0 amide bonds. The van der Waals surface area contributed by atoms with E-state index in [-0.39, 0.29) is 11.4 Å². The molecule has 0 radical (unpaired) electrons. The Kier molecular flexibility index (Phi) is 2.58. The number of hydrogen-bond acceptors (Lipinski definition) is 3. The fraction of sp³-hybridized carbons (Fsp3) is 0.417. The van der Waals surface area contributed by atoms with Crippen molar-refractivity contribution in [3.05, 3.63) is 30.1 Å². The molecule has 0 aliphatic carbocycles. The third-order valence-electron chi connectivity index (χ3n) is 3.21. The second-order valence-electron chi connectivity index (χ2n) is 4.31. The van der Waals surface area contributed by atoms with Crippen LogP contribution in [0.4, 0.5) is 10.1 Å². The molecule has 1 aliphatic rings. The number of rotatable bonds is 2. The third-order valence-corrected chi connectivity index (χ3v) is 3.21. The van der Waals surface area contributed by atoms with Crippen molar-refractivity contribution in [3.63, 3.8) is 0 Å². The predicted octanol–water partition coefficient (Wildman–Crippen LogP) is 2.13. The third kappa shape index (κ3) is 1.54. The van der Waals surface area contributed by atoms with Crippen LogP contribution < -0.4 is 10.6 Å². The lowest BCUT2D eigenvalue weighted by Crippen LogP contribution is -2.49. The van der Waals surface area contributed by atoms with Crippen molar-refractivity contribution < 1.29 is 4.39 Å². The maximum absolute atomic E-state index is 13.7. The van der Waals surface area contributed by atoms with Crippen molar-refractivity contribution in [2.45, 2.75) is 25.8 Å². The molecule has 0 fully saturated rings. The molecule has 86 valence electrons. The first-order chi connectivity index (χ1) is 7.58. The van der Waals surface area contributed by atoms with Crippen LogP contribution in [-0.4, -0.2) is 18.0 Å². The number of anilines is 1. The number of aliphatic imine (C=N–C) groups is 1. The number of nitrogens with two attached hydrogens (primary N) is 1. The summed E-state index contributed by atoms with van der Waals surface area (Å²) in [4.78, 5) is 6.01. The van der Waals surface area contributed by atoms with E-state index in [1.807, 2.05) is 6.92 Å². The molecule has 3 nitrogen and oxygen atoms in total. The smallest absolute Gasteiger partial charge is 0.196 e. The van der Waals surface area contributed by atoms with E-state index in [9.17, 15) is 4.39 Å². The lowest BCUT2D eigenvalue weighted by molar-refractivity contribution is 0.479. The van der Waals surface area contributed by atoms with Gasteiger partial charge < -0.3 is 10.6 Å². The van der Waals surface area contributed by atoms with Gasteiger partial charge in [-0.05, 0) is 25.5 Å². The van der Waals surface area contributed by atoms with E-state index in [4.69, 9.17) is 5.73 Å². The summed E-state index contributed by atoms with van der Waals surface area (Å²) in [5.74, 6) is 0.136. The molecular weight excluding hydrogens is 205 g/mol. The highest BCUT2D eigenvalue weighted by Crippen LogP contribution is 2.32. The van der Waals surface area contributed by atoms with Crippen LogP contribution in [0.3, 0.4) is 0 Å². The zero-order valence-corrected chi connectivity index (χ0v) is 9.57. The zero-order chi connectivity index (χ0) is 11.8. The maximum atomic E-state index is 13.7. The van der Waals surface area contributed by atoms with Gasteiger partial charge in [-0.15, -0.1) is 0 Å². The number of para-hydroxylation sites is 1. The summed E-state index contributed by atoms with van der Waals surface area (Å²) in [7, 11) is 0. The number of guanidine groups is 1. The van der Waals surface area contributed by atoms with Crippen LogP contribution in [0.1, 0.15) is 20.3 Å². The summed E-state index contributed by atoms with van der Waals surface area (Å²) >= 11 is 0. The minimum Gasteiger partial charge on any atom is -0.369 e. The molecule has 0 spiro atoms. The maximum Gasteiger partial charge on any atom is 0.196 e. The highest BCUT2D eigenvalue weighted by molar-refractivity contribution is 5.98. The van der Waals surface area contributed by atoms with Gasteiger partial charge in [0, 0.05) is 0 Å². The molecule has 16 heavy (non-hydrogen) atoms.